The number of ether oxygens (including phenoxy) is 2. The lowest BCUT2D eigenvalue weighted by molar-refractivity contribution is -0.0284. The fourth-order valence-electron chi connectivity index (χ4n) is 2.93. The van der Waals surface area contributed by atoms with Gasteiger partial charge in [0.05, 0.1) is 12.7 Å². The second kappa shape index (κ2) is 10.9. The topological polar surface area (TPSA) is 58.1 Å². The van der Waals surface area contributed by atoms with E-state index in [1.54, 1.807) is 0 Å². The van der Waals surface area contributed by atoms with E-state index >= 15 is 0 Å². The van der Waals surface area contributed by atoms with Gasteiger partial charge in [0, 0.05) is 53.0 Å². The Balaban J connectivity index is 1.53. The average Bonchev–Trinajstić information content (AvgIpc) is 3.37. The number of hydrogen-bond donors (Lipinski definition) is 2. The van der Waals surface area contributed by atoms with Crippen molar-refractivity contribution < 1.29 is 9.47 Å². The SMILES string of the molecule is CN=C(NCCCOCC1CC1)NCC1CN(CC(C)C)CCO1. The van der Waals surface area contributed by atoms with Crippen LogP contribution in [0.15, 0.2) is 4.99 Å². The summed E-state index contributed by atoms with van der Waals surface area (Å²) in [7, 11) is 1.81. The molecule has 140 valence electrons. The Morgan fingerprint density at radius 3 is 2.88 bits per heavy atom. The summed E-state index contributed by atoms with van der Waals surface area (Å²) in [6, 6.07) is 0. The molecule has 2 N–H and O–H groups in total. The van der Waals surface area contributed by atoms with E-state index in [4.69, 9.17) is 9.47 Å². The fourth-order valence-corrected chi connectivity index (χ4v) is 2.93. The van der Waals surface area contributed by atoms with E-state index in [0.717, 1.165) is 70.8 Å². The lowest BCUT2D eigenvalue weighted by Crippen LogP contribution is -2.50. The van der Waals surface area contributed by atoms with Crippen LogP contribution in [0.4, 0.5) is 0 Å². The largest absolute Gasteiger partial charge is 0.381 e. The first-order valence-corrected chi connectivity index (χ1v) is 9.53. The number of aliphatic imine (C=N–C) groups is 1. The van der Waals surface area contributed by atoms with Crippen molar-refractivity contribution in [3.63, 3.8) is 0 Å². The number of nitrogens with one attached hydrogen (secondary N) is 2. The van der Waals surface area contributed by atoms with Crippen LogP contribution in [-0.4, -0.2) is 76.6 Å². The van der Waals surface area contributed by atoms with Gasteiger partial charge in [-0.25, -0.2) is 0 Å². The molecule has 1 aliphatic carbocycles. The van der Waals surface area contributed by atoms with Crippen LogP contribution in [0.1, 0.15) is 33.1 Å². The number of hydrogen-bond acceptors (Lipinski definition) is 4. The van der Waals surface area contributed by atoms with E-state index in [2.05, 4.69) is 34.4 Å². The van der Waals surface area contributed by atoms with Crippen LogP contribution in [0.25, 0.3) is 0 Å². The molecule has 0 aromatic heterocycles. The van der Waals surface area contributed by atoms with E-state index in [1.165, 1.54) is 12.8 Å². The molecule has 1 unspecified atom stereocenters. The molecule has 0 amide bonds. The molecule has 1 saturated carbocycles. The molecule has 6 nitrogen and oxygen atoms in total. The molecule has 0 spiro atoms. The van der Waals surface area contributed by atoms with Gasteiger partial charge in [-0.05, 0) is 31.1 Å². The predicted octanol–water partition coefficient (Wildman–Crippen LogP) is 1.32. The Bertz CT molecular complexity index is 372. The molecule has 2 aliphatic rings. The lowest BCUT2D eigenvalue weighted by atomic mass is 10.2. The highest BCUT2D eigenvalue weighted by atomic mass is 16.5. The van der Waals surface area contributed by atoms with Gasteiger partial charge in [-0.15, -0.1) is 0 Å². The standard InChI is InChI=1S/C18H36N4O2/c1-15(2)12-22-8-10-24-17(13-22)11-21-18(19-3)20-7-4-9-23-14-16-5-6-16/h15-17H,4-14H2,1-3H3,(H2,19,20,21). The van der Waals surface area contributed by atoms with Crippen LogP contribution in [0.5, 0.6) is 0 Å². The number of rotatable bonds is 10. The Labute approximate surface area is 147 Å². The molecule has 1 heterocycles. The van der Waals surface area contributed by atoms with Crippen LogP contribution < -0.4 is 10.6 Å². The Morgan fingerprint density at radius 2 is 2.17 bits per heavy atom. The zero-order chi connectivity index (χ0) is 17.2. The number of guanidine groups is 1. The minimum atomic E-state index is 0.234. The molecule has 0 bridgehead atoms. The van der Waals surface area contributed by atoms with Gasteiger partial charge in [0.2, 0.25) is 0 Å². The first kappa shape index (κ1) is 19.5. The second-order valence-corrected chi connectivity index (χ2v) is 7.40. The molecule has 0 radical (unpaired) electrons. The predicted molar refractivity (Wildman–Crippen MR) is 98.5 cm³/mol. The molecule has 1 atom stereocenters. The summed E-state index contributed by atoms with van der Waals surface area (Å²) in [4.78, 5) is 6.77. The molecular weight excluding hydrogens is 304 g/mol. The molecule has 2 rings (SSSR count). The highest BCUT2D eigenvalue weighted by Crippen LogP contribution is 2.28. The Morgan fingerprint density at radius 1 is 1.33 bits per heavy atom. The highest BCUT2D eigenvalue weighted by molar-refractivity contribution is 5.79. The second-order valence-electron chi connectivity index (χ2n) is 7.40. The van der Waals surface area contributed by atoms with Crippen molar-refractivity contribution in [2.75, 3.05) is 59.6 Å². The molecule has 24 heavy (non-hydrogen) atoms. The molecule has 0 aromatic rings. The van der Waals surface area contributed by atoms with E-state index < -0.39 is 0 Å². The van der Waals surface area contributed by atoms with E-state index in [-0.39, 0.29) is 6.10 Å². The quantitative estimate of drug-likeness (QED) is 0.357. The third-order valence-electron chi connectivity index (χ3n) is 4.38. The Kier molecular flexibility index (Phi) is 8.84. The molecular formula is C18H36N4O2. The van der Waals surface area contributed by atoms with E-state index in [0.29, 0.717) is 5.92 Å². The van der Waals surface area contributed by atoms with Gasteiger partial charge in [0.1, 0.15) is 0 Å². The van der Waals surface area contributed by atoms with Crippen molar-refractivity contribution in [2.24, 2.45) is 16.8 Å². The van der Waals surface area contributed by atoms with Crippen LogP contribution in [0.3, 0.4) is 0 Å². The molecule has 1 aliphatic heterocycles. The highest BCUT2D eigenvalue weighted by Gasteiger charge is 2.21. The zero-order valence-electron chi connectivity index (χ0n) is 15.7. The van der Waals surface area contributed by atoms with E-state index in [1.807, 2.05) is 7.05 Å². The maximum absolute atomic E-state index is 5.86. The zero-order valence-corrected chi connectivity index (χ0v) is 15.7. The maximum atomic E-state index is 5.86. The minimum Gasteiger partial charge on any atom is -0.381 e. The fraction of sp³-hybridized carbons (Fsp3) is 0.944. The summed E-state index contributed by atoms with van der Waals surface area (Å²) in [6.45, 7) is 12.0. The first-order valence-electron chi connectivity index (χ1n) is 9.53. The molecule has 0 aromatic carbocycles. The van der Waals surface area contributed by atoms with Gasteiger partial charge in [-0.2, -0.15) is 0 Å². The smallest absolute Gasteiger partial charge is 0.191 e. The van der Waals surface area contributed by atoms with Gasteiger partial charge in [-0.3, -0.25) is 9.89 Å². The van der Waals surface area contributed by atoms with Crippen molar-refractivity contribution in [3.05, 3.63) is 0 Å². The molecule has 1 saturated heterocycles. The van der Waals surface area contributed by atoms with Gasteiger partial charge in [0.15, 0.2) is 5.96 Å². The summed E-state index contributed by atoms with van der Waals surface area (Å²) in [5, 5.41) is 6.72. The third kappa shape index (κ3) is 8.31. The number of morpholine rings is 1. The van der Waals surface area contributed by atoms with Crippen LogP contribution in [0.2, 0.25) is 0 Å². The van der Waals surface area contributed by atoms with Crippen molar-refractivity contribution in [3.8, 4) is 0 Å². The van der Waals surface area contributed by atoms with Crippen molar-refractivity contribution >= 4 is 5.96 Å². The summed E-state index contributed by atoms with van der Waals surface area (Å²) >= 11 is 0. The van der Waals surface area contributed by atoms with Crippen LogP contribution >= 0.6 is 0 Å². The molecule has 6 heteroatoms. The van der Waals surface area contributed by atoms with Crippen LogP contribution in [0, 0.1) is 11.8 Å². The van der Waals surface area contributed by atoms with Crippen LogP contribution in [-0.2, 0) is 9.47 Å². The normalized spacial score (nSPS) is 22.8. The maximum Gasteiger partial charge on any atom is 0.191 e. The summed E-state index contributed by atoms with van der Waals surface area (Å²) in [5.41, 5.74) is 0. The first-order chi connectivity index (χ1) is 11.7. The summed E-state index contributed by atoms with van der Waals surface area (Å²) in [6.07, 6.45) is 3.95. The molecule has 2 fully saturated rings. The summed E-state index contributed by atoms with van der Waals surface area (Å²) < 4.78 is 11.5. The monoisotopic (exact) mass is 340 g/mol. The third-order valence-corrected chi connectivity index (χ3v) is 4.38. The van der Waals surface area contributed by atoms with Gasteiger partial charge in [0.25, 0.3) is 0 Å². The van der Waals surface area contributed by atoms with Crippen molar-refractivity contribution in [1.29, 1.82) is 0 Å². The number of nitrogens with zero attached hydrogens (tertiary/aromatic N) is 2. The lowest BCUT2D eigenvalue weighted by Gasteiger charge is -2.34. The Hall–Kier alpha value is -0.850. The van der Waals surface area contributed by atoms with Crippen molar-refractivity contribution in [2.45, 2.75) is 39.2 Å². The van der Waals surface area contributed by atoms with Gasteiger partial charge in [-0.1, -0.05) is 13.8 Å². The van der Waals surface area contributed by atoms with Gasteiger partial charge >= 0.3 is 0 Å². The average molecular weight is 341 g/mol. The van der Waals surface area contributed by atoms with E-state index in [9.17, 15) is 0 Å². The van der Waals surface area contributed by atoms with Crippen molar-refractivity contribution in [1.82, 2.24) is 15.5 Å². The van der Waals surface area contributed by atoms with Gasteiger partial charge < -0.3 is 20.1 Å². The minimum absolute atomic E-state index is 0.234. The summed E-state index contributed by atoms with van der Waals surface area (Å²) in [5.74, 6) is 2.40.